The van der Waals surface area contributed by atoms with Gasteiger partial charge in [0.15, 0.2) is 0 Å². The predicted octanol–water partition coefficient (Wildman–Crippen LogP) is 4.06. The first-order valence-corrected chi connectivity index (χ1v) is 8.31. The zero-order valence-electron chi connectivity index (χ0n) is 13.3. The molecule has 1 aliphatic carbocycles. The van der Waals surface area contributed by atoms with E-state index in [1.54, 1.807) is 0 Å². The predicted molar refractivity (Wildman–Crippen MR) is 85.7 cm³/mol. The van der Waals surface area contributed by atoms with E-state index >= 15 is 0 Å². The first-order chi connectivity index (χ1) is 9.69. The van der Waals surface area contributed by atoms with Gasteiger partial charge in [0.2, 0.25) is 0 Å². The number of hydrogen-bond donors (Lipinski definition) is 1. The molecule has 0 aliphatic heterocycles. The molecule has 1 N–H and O–H groups in total. The van der Waals surface area contributed by atoms with Gasteiger partial charge in [-0.15, -0.1) is 0 Å². The second-order valence-electron chi connectivity index (χ2n) is 6.80. The summed E-state index contributed by atoms with van der Waals surface area (Å²) in [6.07, 6.45) is 10.4. The molecule has 0 amide bonds. The largest absolute Gasteiger partial charge is 0.313 e. The molecule has 0 radical (unpaired) electrons. The monoisotopic (exact) mass is 274 g/mol. The summed E-state index contributed by atoms with van der Waals surface area (Å²) in [5.41, 5.74) is 1.42. The molecule has 112 valence electrons. The lowest BCUT2D eigenvalue weighted by Gasteiger charge is -2.37. The Kier molecular flexibility index (Phi) is 6.03. The molecule has 0 spiro atoms. The minimum Gasteiger partial charge on any atom is -0.313 e. The van der Waals surface area contributed by atoms with Crippen LogP contribution in [0.15, 0.2) is 24.5 Å². The highest BCUT2D eigenvalue weighted by atomic mass is 14.9. The molecule has 1 aromatic heterocycles. The lowest BCUT2D eigenvalue weighted by Crippen LogP contribution is -2.41. The summed E-state index contributed by atoms with van der Waals surface area (Å²) in [5.74, 6) is 2.59. The van der Waals surface area contributed by atoms with Gasteiger partial charge in [-0.1, -0.05) is 20.8 Å². The minimum absolute atomic E-state index is 0.627. The van der Waals surface area contributed by atoms with E-state index in [9.17, 15) is 0 Å². The molecule has 1 fully saturated rings. The standard InChI is InChI=1S/C18H30N2/c1-4-7-20-18(13-16-5-8-19-9-6-16)17-11-14(2)10-15(3)12-17/h5-6,8-9,14-15,17-18,20H,4,7,10-13H2,1-3H3. The number of nitrogens with zero attached hydrogens (tertiary/aromatic N) is 1. The highest BCUT2D eigenvalue weighted by molar-refractivity contribution is 5.12. The van der Waals surface area contributed by atoms with E-state index in [1.165, 1.54) is 31.2 Å². The maximum absolute atomic E-state index is 4.13. The summed E-state index contributed by atoms with van der Waals surface area (Å²) in [6, 6.07) is 4.95. The van der Waals surface area contributed by atoms with Crippen molar-refractivity contribution in [1.82, 2.24) is 10.3 Å². The van der Waals surface area contributed by atoms with Gasteiger partial charge in [-0.2, -0.15) is 0 Å². The van der Waals surface area contributed by atoms with E-state index in [1.807, 2.05) is 12.4 Å². The van der Waals surface area contributed by atoms with Crippen molar-refractivity contribution in [2.75, 3.05) is 6.54 Å². The van der Waals surface area contributed by atoms with Crippen LogP contribution in [0.3, 0.4) is 0 Å². The molecular weight excluding hydrogens is 244 g/mol. The zero-order chi connectivity index (χ0) is 14.4. The van der Waals surface area contributed by atoms with Crippen molar-refractivity contribution in [2.45, 2.75) is 58.9 Å². The smallest absolute Gasteiger partial charge is 0.0270 e. The number of hydrogen-bond acceptors (Lipinski definition) is 2. The molecular formula is C18H30N2. The fourth-order valence-corrected chi connectivity index (χ4v) is 3.85. The Morgan fingerprint density at radius 2 is 1.80 bits per heavy atom. The Balaban J connectivity index is 2.02. The number of aromatic nitrogens is 1. The molecule has 0 aromatic carbocycles. The summed E-state index contributed by atoms with van der Waals surface area (Å²) in [7, 11) is 0. The van der Waals surface area contributed by atoms with Gasteiger partial charge in [0.05, 0.1) is 0 Å². The van der Waals surface area contributed by atoms with Crippen molar-refractivity contribution in [3.63, 3.8) is 0 Å². The Labute approximate surface area is 124 Å². The number of rotatable bonds is 6. The Morgan fingerprint density at radius 3 is 2.40 bits per heavy atom. The third-order valence-electron chi connectivity index (χ3n) is 4.65. The van der Waals surface area contributed by atoms with Crippen LogP contribution in [0.2, 0.25) is 0 Å². The van der Waals surface area contributed by atoms with Crippen LogP contribution < -0.4 is 5.32 Å². The third kappa shape index (κ3) is 4.59. The van der Waals surface area contributed by atoms with E-state index < -0.39 is 0 Å². The van der Waals surface area contributed by atoms with Crippen LogP contribution in [0.1, 0.15) is 52.0 Å². The van der Waals surface area contributed by atoms with E-state index in [2.05, 4.69) is 43.2 Å². The Hall–Kier alpha value is -0.890. The molecule has 3 atom stereocenters. The van der Waals surface area contributed by atoms with Gasteiger partial charge in [0, 0.05) is 18.4 Å². The summed E-state index contributed by atoms with van der Waals surface area (Å²) < 4.78 is 0. The molecule has 3 unspecified atom stereocenters. The molecule has 1 saturated carbocycles. The second-order valence-corrected chi connectivity index (χ2v) is 6.80. The highest BCUT2D eigenvalue weighted by Gasteiger charge is 2.29. The van der Waals surface area contributed by atoms with E-state index in [-0.39, 0.29) is 0 Å². The fourth-order valence-electron chi connectivity index (χ4n) is 3.85. The second kappa shape index (κ2) is 7.78. The van der Waals surface area contributed by atoms with Gasteiger partial charge in [0.1, 0.15) is 0 Å². The molecule has 2 rings (SSSR count). The maximum Gasteiger partial charge on any atom is 0.0270 e. The van der Waals surface area contributed by atoms with Crippen molar-refractivity contribution in [3.05, 3.63) is 30.1 Å². The van der Waals surface area contributed by atoms with Gasteiger partial charge < -0.3 is 5.32 Å². The molecule has 1 aliphatic rings. The molecule has 0 saturated heterocycles. The molecule has 0 bridgehead atoms. The van der Waals surface area contributed by atoms with Crippen molar-refractivity contribution in [2.24, 2.45) is 17.8 Å². The molecule has 2 heteroatoms. The molecule has 2 nitrogen and oxygen atoms in total. The van der Waals surface area contributed by atoms with Gasteiger partial charge in [-0.3, -0.25) is 4.98 Å². The topological polar surface area (TPSA) is 24.9 Å². The van der Waals surface area contributed by atoms with Crippen LogP contribution in [0.4, 0.5) is 0 Å². The van der Waals surface area contributed by atoms with Crippen LogP contribution in [-0.2, 0) is 6.42 Å². The summed E-state index contributed by atoms with van der Waals surface area (Å²) in [6.45, 7) is 8.23. The van der Waals surface area contributed by atoms with Crippen molar-refractivity contribution < 1.29 is 0 Å². The summed E-state index contributed by atoms with van der Waals surface area (Å²) >= 11 is 0. The van der Waals surface area contributed by atoms with Crippen LogP contribution in [0, 0.1) is 17.8 Å². The highest BCUT2D eigenvalue weighted by Crippen LogP contribution is 2.35. The molecule has 20 heavy (non-hydrogen) atoms. The van der Waals surface area contributed by atoms with Crippen LogP contribution >= 0.6 is 0 Å². The summed E-state index contributed by atoms with van der Waals surface area (Å²) in [5, 5.41) is 3.81. The average Bonchev–Trinajstić information content (AvgIpc) is 2.43. The quantitative estimate of drug-likeness (QED) is 0.846. The normalized spacial score (nSPS) is 28.2. The van der Waals surface area contributed by atoms with Crippen molar-refractivity contribution in [1.29, 1.82) is 0 Å². The lowest BCUT2D eigenvalue weighted by molar-refractivity contribution is 0.175. The average molecular weight is 274 g/mol. The molecule has 1 aromatic rings. The van der Waals surface area contributed by atoms with E-state index in [0.29, 0.717) is 6.04 Å². The Morgan fingerprint density at radius 1 is 1.15 bits per heavy atom. The van der Waals surface area contributed by atoms with Crippen LogP contribution in [0.25, 0.3) is 0 Å². The zero-order valence-corrected chi connectivity index (χ0v) is 13.3. The minimum atomic E-state index is 0.627. The summed E-state index contributed by atoms with van der Waals surface area (Å²) in [4.78, 5) is 4.13. The lowest BCUT2D eigenvalue weighted by atomic mass is 9.72. The third-order valence-corrected chi connectivity index (χ3v) is 4.65. The maximum atomic E-state index is 4.13. The van der Waals surface area contributed by atoms with Gasteiger partial charge >= 0.3 is 0 Å². The van der Waals surface area contributed by atoms with Crippen molar-refractivity contribution >= 4 is 0 Å². The number of pyridine rings is 1. The van der Waals surface area contributed by atoms with Gasteiger partial charge in [-0.05, 0) is 74.1 Å². The van der Waals surface area contributed by atoms with Crippen molar-refractivity contribution in [3.8, 4) is 0 Å². The Bertz CT molecular complexity index is 366. The van der Waals surface area contributed by atoms with Gasteiger partial charge in [0.25, 0.3) is 0 Å². The first kappa shape index (κ1) is 15.5. The van der Waals surface area contributed by atoms with Gasteiger partial charge in [-0.25, -0.2) is 0 Å². The first-order valence-electron chi connectivity index (χ1n) is 8.31. The number of nitrogens with one attached hydrogen (secondary N) is 1. The van der Waals surface area contributed by atoms with Crippen LogP contribution in [0.5, 0.6) is 0 Å². The van der Waals surface area contributed by atoms with Crippen LogP contribution in [-0.4, -0.2) is 17.6 Å². The fraction of sp³-hybridized carbons (Fsp3) is 0.722. The molecule has 1 heterocycles. The van der Waals surface area contributed by atoms with E-state index in [4.69, 9.17) is 0 Å². The SMILES string of the molecule is CCCNC(Cc1ccncc1)C1CC(C)CC(C)C1. The van der Waals surface area contributed by atoms with E-state index in [0.717, 1.165) is 30.7 Å².